The number of rotatable bonds is 7. The van der Waals surface area contributed by atoms with Crippen molar-refractivity contribution >= 4 is 17.2 Å². The molecule has 0 saturated carbocycles. The highest BCUT2D eigenvalue weighted by atomic mass is 32.1. The van der Waals surface area contributed by atoms with E-state index < -0.39 is 0 Å². The number of aromatic nitrogens is 2. The quantitative estimate of drug-likeness (QED) is 0.799. The molecule has 4 heteroatoms. The van der Waals surface area contributed by atoms with Crippen LogP contribution in [0.4, 0.5) is 5.82 Å². The lowest BCUT2D eigenvalue weighted by molar-refractivity contribution is 0.635. The van der Waals surface area contributed by atoms with Gasteiger partial charge in [-0.3, -0.25) is 0 Å². The lowest BCUT2D eigenvalue weighted by atomic mass is 10.1. The van der Waals surface area contributed by atoms with E-state index in [2.05, 4.69) is 56.2 Å². The number of hydrogen-bond acceptors (Lipinski definition) is 4. The number of aryl methyl sites for hydroxylation is 1. The first-order chi connectivity index (χ1) is 10.1. The lowest BCUT2D eigenvalue weighted by Crippen LogP contribution is -2.06. The van der Waals surface area contributed by atoms with E-state index in [9.17, 15) is 0 Å². The van der Waals surface area contributed by atoms with Crippen molar-refractivity contribution in [2.45, 2.75) is 47.0 Å². The molecule has 114 valence electrons. The molecule has 0 aliphatic rings. The second kappa shape index (κ2) is 7.55. The van der Waals surface area contributed by atoms with Crippen molar-refractivity contribution < 1.29 is 0 Å². The second-order valence-corrected chi connectivity index (χ2v) is 6.88. The first-order valence-corrected chi connectivity index (χ1v) is 8.65. The lowest BCUT2D eigenvalue weighted by Gasteiger charge is -2.10. The molecular formula is C17H25N3S. The molecule has 0 fully saturated rings. The molecule has 2 aromatic heterocycles. The summed E-state index contributed by atoms with van der Waals surface area (Å²) in [5.74, 6) is 2.40. The van der Waals surface area contributed by atoms with Crippen LogP contribution in [0.2, 0.25) is 0 Å². The summed E-state index contributed by atoms with van der Waals surface area (Å²) in [5.41, 5.74) is 1.13. The largest absolute Gasteiger partial charge is 0.370 e. The summed E-state index contributed by atoms with van der Waals surface area (Å²) >= 11 is 1.79. The van der Waals surface area contributed by atoms with Crippen LogP contribution in [0.1, 0.15) is 44.7 Å². The van der Waals surface area contributed by atoms with E-state index in [1.807, 2.05) is 0 Å². The molecule has 0 spiro atoms. The Morgan fingerprint density at radius 1 is 1.19 bits per heavy atom. The molecule has 0 bridgehead atoms. The minimum Gasteiger partial charge on any atom is -0.370 e. The van der Waals surface area contributed by atoms with Gasteiger partial charge in [0.2, 0.25) is 0 Å². The van der Waals surface area contributed by atoms with Gasteiger partial charge < -0.3 is 5.32 Å². The maximum absolute atomic E-state index is 4.76. The van der Waals surface area contributed by atoms with Crippen molar-refractivity contribution in [2.75, 3.05) is 11.9 Å². The highest BCUT2D eigenvalue weighted by Gasteiger charge is 2.10. The number of nitrogens with zero attached hydrogens (tertiary/aromatic N) is 2. The Bertz CT molecular complexity index is 575. The van der Waals surface area contributed by atoms with Crippen molar-refractivity contribution in [2.24, 2.45) is 5.92 Å². The van der Waals surface area contributed by atoms with Gasteiger partial charge in [0.05, 0.1) is 4.88 Å². The topological polar surface area (TPSA) is 37.8 Å². The summed E-state index contributed by atoms with van der Waals surface area (Å²) in [4.78, 5) is 12.0. The van der Waals surface area contributed by atoms with Crippen molar-refractivity contribution in [1.82, 2.24) is 9.97 Å². The number of nitrogens with one attached hydrogen (secondary N) is 1. The van der Waals surface area contributed by atoms with Crippen LogP contribution in [0.5, 0.6) is 0 Å². The molecule has 3 nitrogen and oxygen atoms in total. The van der Waals surface area contributed by atoms with E-state index in [4.69, 9.17) is 4.98 Å². The van der Waals surface area contributed by atoms with Crippen LogP contribution in [0.25, 0.3) is 10.7 Å². The van der Waals surface area contributed by atoms with Gasteiger partial charge in [0.15, 0.2) is 5.82 Å². The van der Waals surface area contributed by atoms with E-state index in [0.29, 0.717) is 5.92 Å². The average molecular weight is 303 g/mol. The third-order valence-corrected chi connectivity index (χ3v) is 4.41. The van der Waals surface area contributed by atoms with Gasteiger partial charge in [-0.25, -0.2) is 9.97 Å². The molecule has 2 heterocycles. The monoisotopic (exact) mass is 303 g/mol. The van der Waals surface area contributed by atoms with Crippen molar-refractivity contribution in [1.29, 1.82) is 0 Å². The van der Waals surface area contributed by atoms with Crippen LogP contribution in [0, 0.1) is 5.92 Å². The second-order valence-electron chi connectivity index (χ2n) is 5.71. The van der Waals surface area contributed by atoms with Crippen LogP contribution in [0.15, 0.2) is 18.2 Å². The van der Waals surface area contributed by atoms with Gasteiger partial charge in [0.25, 0.3) is 0 Å². The minimum atomic E-state index is 0.598. The molecule has 0 aromatic carbocycles. The Morgan fingerprint density at radius 3 is 2.62 bits per heavy atom. The molecular weight excluding hydrogens is 278 g/mol. The predicted octanol–water partition coefficient (Wildman–Crippen LogP) is 4.79. The summed E-state index contributed by atoms with van der Waals surface area (Å²) < 4.78 is 0. The zero-order valence-electron chi connectivity index (χ0n) is 13.4. The summed E-state index contributed by atoms with van der Waals surface area (Å²) in [5, 5.41) is 3.39. The van der Waals surface area contributed by atoms with Crippen LogP contribution >= 0.6 is 11.3 Å². The Morgan fingerprint density at radius 2 is 2.00 bits per heavy atom. The SMILES string of the molecule is CCCNc1cc(CC(C)C)nc(-c2ccc(CC)s2)n1. The zero-order chi connectivity index (χ0) is 15.2. The molecule has 2 aromatic rings. The first kappa shape index (κ1) is 16.0. The van der Waals surface area contributed by atoms with E-state index in [-0.39, 0.29) is 0 Å². The summed E-state index contributed by atoms with van der Waals surface area (Å²) in [6, 6.07) is 6.41. The van der Waals surface area contributed by atoms with Gasteiger partial charge in [-0.05, 0) is 37.3 Å². The summed E-state index contributed by atoms with van der Waals surface area (Å²) in [6.45, 7) is 9.74. The Hall–Kier alpha value is -1.42. The predicted molar refractivity (Wildman–Crippen MR) is 92.0 cm³/mol. The van der Waals surface area contributed by atoms with E-state index >= 15 is 0 Å². The fraction of sp³-hybridized carbons (Fsp3) is 0.529. The van der Waals surface area contributed by atoms with Gasteiger partial charge >= 0.3 is 0 Å². The van der Waals surface area contributed by atoms with Gasteiger partial charge in [-0.2, -0.15) is 0 Å². The average Bonchev–Trinajstić information content (AvgIpc) is 2.93. The smallest absolute Gasteiger partial charge is 0.171 e. The molecule has 1 N–H and O–H groups in total. The van der Waals surface area contributed by atoms with Crippen LogP contribution in [0.3, 0.4) is 0 Å². The molecule has 0 aliphatic heterocycles. The molecule has 0 radical (unpaired) electrons. The van der Waals surface area contributed by atoms with Gasteiger partial charge in [0.1, 0.15) is 5.82 Å². The maximum atomic E-state index is 4.76. The van der Waals surface area contributed by atoms with Gasteiger partial charge in [0, 0.05) is 23.2 Å². The maximum Gasteiger partial charge on any atom is 0.171 e. The minimum absolute atomic E-state index is 0.598. The standard InChI is InChI=1S/C17H25N3S/c1-5-9-18-16-11-13(10-12(3)4)19-17(20-16)15-8-7-14(6-2)21-15/h7-8,11-12H,5-6,9-10H2,1-4H3,(H,18,19,20). The fourth-order valence-corrected chi connectivity index (χ4v) is 3.04. The molecule has 0 saturated heterocycles. The Balaban J connectivity index is 2.33. The van der Waals surface area contributed by atoms with E-state index in [0.717, 1.165) is 48.0 Å². The van der Waals surface area contributed by atoms with Gasteiger partial charge in [-0.1, -0.05) is 27.7 Å². The number of hydrogen-bond donors (Lipinski definition) is 1. The third kappa shape index (κ3) is 4.53. The first-order valence-electron chi connectivity index (χ1n) is 7.83. The number of anilines is 1. The van der Waals surface area contributed by atoms with Crippen molar-refractivity contribution in [3.8, 4) is 10.7 Å². The van der Waals surface area contributed by atoms with Crippen LogP contribution in [-0.2, 0) is 12.8 Å². The van der Waals surface area contributed by atoms with E-state index in [1.165, 1.54) is 4.88 Å². The molecule has 2 rings (SSSR count). The third-order valence-electron chi connectivity index (χ3n) is 3.18. The highest BCUT2D eigenvalue weighted by Crippen LogP contribution is 2.27. The molecule has 0 unspecified atom stereocenters. The molecule has 0 atom stereocenters. The van der Waals surface area contributed by atoms with Crippen molar-refractivity contribution in [3.63, 3.8) is 0 Å². The van der Waals surface area contributed by atoms with Gasteiger partial charge in [-0.15, -0.1) is 11.3 Å². The van der Waals surface area contributed by atoms with E-state index in [1.54, 1.807) is 11.3 Å². The normalized spacial score (nSPS) is 11.1. The molecule has 0 amide bonds. The van der Waals surface area contributed by atoms with Crippen molar-refractivity contribution in [3.05, 3.63) is 28.8 Å². The Labute approximate surface area is 131 Å². The Kier molecular flexibility index (Phi) is 5.74. The highest BCUT2D eigenvalue weighted by molar-refractivity contribution is 7.15. The van der Waals surface area contributed by atoms with Crippen LogP contribution < -0.4 is 5.32 Å². The summed E-state index contributed by atoms with van der Waals surface area (Å²) in [6.07, 6.45) is 3.15. The fourth-order valence-electron chi connectivity index (χ4n) is 2.16. The molecule has 0 aliphatic carbocycles. The molecule has 21 heavy (non-hydrogen) atoms. The summed E-state index contributed by atoms with van der Waals surface area (Å²) in [7, 11) is 0. The number of thiophene rings is 1. The zero-order valence-corrected chi connectivity index (χ0v) is 14.3. The van der Waals surface area contributed by atoms with Crippen LogP contribution in [-0.4, -0.2) is 16.5 Å².